The van der Waals surface area contributed by atoms with Crippen molar-refractivity contribution in [2.45, 2.75) is 6.54 Å². The zero-order chi connectivity index (χ0) is 17.8. The van der Waals surface area contributed by atoms with E-state index in [0.29, 0.717) is 18.0 Å². The van der Waals surface area contributed by atoms with Crippen LogP contribution in [0.15, 0.2) is 48.7 Å². The Morgan fingerprint density at radius 2 is 2.16 bits per heavy atom. The summed E-state index contributed by atoms with van der Waals surface area (Å²) in [5.41, 5.74) is 1.71. The second-order valence-electron chi connectivity index (χ2n) is 5.47. The van der Waals surface area contributed by atoms with Gasteiger partial charge in [-0.2, -0.15) is 0 Å². The average molecular weight is 342 g/mol. The third kappa shape index (κ3) is 3.53. The number of ether oxygens (including phenoxy) is 1. The lowest BCUT2D eigenvalue weighted by Crippen LogP contribution is -2.34. The molecule has 0 spiro atoms. The number of hydrogen-bond donors (Lipinski definition) is 2. The number of imide groups is 1. The number of carbonyl (C=O) groups excluding carboxylic acids is 2. The van der Waals surface area contributed by atoms with Gasteiger partial charge in [-0.25, -0.2) is 4.98 Å². The first-order valence-corrected chi connectivity index (χ1v) is 7.70. The van der Waals surface area contributed by atoms with Crippen molar-refractivity contribution < 1.29 is 19.4 Å². The monoisotopic (exact) mass is 342 g/mol. The molecule has 1 aliphatic heterocycles. The van der Waals surface area contributed by atoms with E-state index in [1.807, 2.05) is 22.9 Å². The minimum Gasteiger partial charge on any atom is -0.495 e. The number of aliphatic hydroxyl groups is 1. The highest BCUT2D eigenvalue weighted by molar-refractivity contribution is 6.17. The van der Waals surface area contributed by atoms with Crippen molar-refractivity contribution in [1.82, 2.24) is 14.5 Å². The average Bonchev–Trinajstić information content (AvgIpc) is 3.19. The number of imidazole rings is 1. The van der Waals surface area contributed by atoms with Gasteiger partial charge in [0.2, 0.25) is 0 Å². The number of rotatable bonds is 7. The van der Waals surface area contributed by atoms with Crippen molar-refractivity contribution in [1.29, 1.82) is 0 Å². The number of aromatic nitrogens is 2. The highest BCUT2D eigenvalue weighted by atomic mass is 16.5. The molecule has 3 rings (SSSR count). The third-order valence-corrected chi connectivity index (χ3v) is 3.79. The summed E-state index contributed by atoms with van der Waals surface area (Å²) in [4.78, 5) is 29.1. The van der Waals surface area contributed by atoms with Crippen LogP contribution in [-0.4, -0.2) is 51.6 Å². The fourth-order valence-electron chi connectivity index (χ4n) is 2.60. The molecule has 0 saturated carbocycles. The van der Waals surface area contributed by atoms with Gasteiger partial charge in [0.1, 0.15) is 11.4 Å². The summed E-state index contributed by atoms with van der Waals surface area (Å²) in [6, 6.07) is 5.56. The maximum Gasteiger partial charge on any atom is 0.277 e. The minimum atomic E-state index is -0.471. The molecule has 8 heteroatoms. The highest BCUT2D eigenvalue weighted by Gasteiger charge is 2.31. The van der Waals surface area contributed by atoms with Gasteiger partial charge in [0.25, 0.3) is 11.8 Å². The predicted molar refractivity (Wildman–Crippen MR) is 89.8 cm³/mol. The molecule has 2 heterocycles. The molecule has 0 aliphatic carbocycles. The van der Waals surface area contributed by atoms with Gasteiger partial charge in [-0.15, -0.1) is 0 Å². The Bertz CT molecular complexity index is 814. The summed E-state index contributed by atoms with van der Waals surface area (Å²) in [6.45, 7) is 0.306. The molecule has 25 heavy (non-hydrogen) atoms. The van der Waals surface area contributed by atoms with E-state index < -0.39 is 11.8 Å². The van der Waals surface area contributed by atoms with E-state index in [2.05, 4.69) is 10.3 Å². The Labute approximate surface area is 144 Å². The summed E-state index contributed by atoms with van der Waals surface area (Å²) < 4.78 is 7.24. The zero-order valence-corrected chi connectivity index (χ0v) is 13.7. The molecule has 0 saturated heterocycles. The number of carbonyl (C=O) groups is 2. The van der Waals surface area contributed by atoms with E-state index in [4.69, 9.17) is 9.84 Å². The minimum absolute atomic E-state index is 0.0306. The number of methoxy groups -OCH3 is 1. The molecule has 0 bridgehead atoms. The fraction of sp³-hybridized carbons (Fsp3) is 0.235. The lowest BCUT2D eigenvalue weighted by molar-refractivity contribution is -0.137. The predicted octanol–water partition coefficient (Wildman–Crippen LogP) is 0.597. The van der Waals surface area contributed by atoms with Crippen LogP contribution in [0.4, 0.5) is 5.69 Å². The second kappa shape index (κ2) is 7.18. The molecule has 0 radical (unpaired) electrons. The van der Waals surface area contributed by atoms with E-state index in [1.165, 1.54) is 13.2 Å². The largest absolute Gasteiger partial charge is 0.495 e. The lowest BCUT2D eigenvalue weighted by atomic mass is 10.1. The number of amides is 2. The van der Waals surface area contributed by atoms with E-state index in [0.717, 1.165) is 10.5 Å². The van der Waals surface area contributed by atoms with Gasteiger partial charge in [-0.3, -0.25) is 14.5 Å². The van der Waals surface area contributed by atoms with Crippen LogP contribution in [0.3, 0.4) is 0 Å². The Morgan fingerprint density at radius 3 is 2.84 bits per heavy atom. The summed E-state index contributed by atoms with van der Waals surface area (Å²) in [6.07, 6.45) is 6.49. The van der Waals surface area contributed by atoms with Gasteiger partial charge < -0.3 is 19.7 Å². The van der Waals surface area contributed by atoms with Gasteiger partial charge in [0, 0.05) is 25.0 Å². The van der Waals surface area contributed by atoms with Gasteiger partial charge >= 0.3 is 0 Å². The Morgan fingerprint density at radius 1 is 1.32 bits per heavy atom. The van der Waals surface area contributed by atoms with Gasteiger partial charge in [0.05, 0.1) is 32.3 Å². The first-order chi connectivity index (χ1) is 12.1. The number of benzene rings is 1. The third-order valence-electron chi connectivity index (χ3n) is 3.79. The van der Waals surface area contributed by atoms with Crippen LogP contribution < -0.4 is 10.1 Å². The Balaban J connectivity index is 1.82. The molecule has 0 unspecified atom stereocenters. The SMILES string of the molecule is COc1ccc(Cn2ccnc2)cc1NC1=CC(=O)N(CCO)C1=O. The quantitative estimate of drug-likeness (QED) is 0.715. The molecule has 130 valence electrons. The second-order valence-corrected chi connectivity index (χ2v) is 5.47. The van der Waals surface area contributed by atoms with Crippen LogP contribution >= 0.6 is 0 Å². The number of aliphatic hydroxyl groups excluding tert-OH is 1. The number of β-amino-alcohol motifs (C(OH)–C–C–N with tert-alkyl or cyclic N) is 1. The Hall–Kier alpha value is -3.13. The van der Waals surface area contributed by atoms with Crippen LogP contribution in [0.1, 0.15) is 5.56 Å². The molecule has 1 aromatic carbocycles. The maximum absolute atomic E-state index is 12.3. The topological polar surface area (TPSA) is 96.7 Å². The molecule has 0 atom stereocenters. The zero-order valence-electron chi connectivity index (χ0n) is 13.7. The van der Waals surface area contributed by atoms with Crippen molar-refractivity contribution >= 4 is 17.5 Å². The number of nitrogens with one attached hydrogen (secondary N) is 1. The van der Waals surface area contributed by atoms with Gasteiger partial charge in [-0.1, -0.05) is 6.07 Å². The summed E-state index contributed by atoms with van der Waals surface area (Å²) >= 11 is 0. The molecule has 1 aliphatic rings. The molecular formula is C17H18N4O4. The smallest absolute Gasteiger partial charge is 0.277 e. The van der Waals surface area contributed by atoms with Crippen molar-refractivity contribution in [3.63, 3.8) is 0 Å². The van der Waals surface area contributed by atoms with Crippen LogP contribution in [0.5, 0.6) is 5.75 Å². The van der Waals surface area contributed by atoms with E-state index in [9.17, 15) is 9.59 Å². The van der Waals surface area contributed by atoms with Crippen molar-refractivity contribution in [2.75, 3.05) is 25.6 Å². The maximum atomic E-state index is 12.3. The van der Waals surface area contributed by atoms with Crippen LogP contribution in [0.2, 0.25) is 0 Å². The number of nitrogens with zero attached hydrogens (tertiary/aromatic N) is 3. The van der Waals surface area contributed by atoms with Gasteiger partial charge in [-0.05, 0) is 17.7 Å². The molecule has 2 N–H and O–H groups in total. The van der Waals surface area contributed by atoms with Crippen LogP contribution in [0, 0.1) is 0 Å². The normalized spacial score (nSPS) is 14.0. The summed E-state index contributed by atoms with van der Waals surface area (Å²) in [5.74, 6) is -0.368. The van der Waals surface area contributed by atoms with Crippen LogP contribution in [0.25, 0.3) is 0 Å². The molecule has 2 amide bonds. The van der Waals surface area contributed by atoms with E-state index in [-0.39, 0.29) is 18.8 Å². The van der Waals surface area contributed by atoms with Crippen molar-refractivity contribution in [3.8, 4) is 5.75 Å². The molecule has 1 aromatic heterocycles. The first-order valence-electron chi connectivity index (χ1n) is 7.70. The highest BCUT2D eigenvalue weighted by Crippen LogP contribution is 2.28. The van der Waals surface area contributed by atoms with Gasteiger partial charge in [0.15, 0.2) is 0 Å². The van der Waals surface area contributed by atoms with E-state index >= 15 is 0 Å². The molecule has 0 fully saturated rings. The molecule has 8 nitrogen and oxygen atoms in total. The number of anilines is 1. The summed E-state index contributed by atoms with van der Waals surface area (Å²) in [7, 11) is 1.53. The summed E-state index contributed by atoms with van der Waals surface area (Å²) in [5, 5.41) is 11.9. The number of hydrogen-bond acceptors (Lipinski definition) is 6. The molecular weight excluding hydrogens is 324 g/mol. The lowest BCUT2D eigenvalue weighted by Gasteiger charge is -2.15. The van der Waals surface area contributed by atoms with Crippen molar-refractivity contribution in [2.24, 2.45) is 0 Å². The van der Waals surface area contributed by atoms with Crippen LogP contribution in [-0.2, 0) is 16.1 Å². The Kier molecular flexibility index (Phi) is 4.80. The first kappa shape index (κ1) is 16.7. The standard InChI is InChI=1S/C17H18N4O4/c1-25-15-3-2-12(10-20-5-4-18-11-20)8-13(15)19-14-9-16(23)21(6-7-22)17(14)24/h2-5,8-9,11,19,22H,6-7,10H2,1H3. The van der Waals surface area contributed by atoms with Crippen molar-refractivity contribution in [3.05, 3.63) is 54.3 Å². The molecule has 2 aromatic rings. The fourth-order valence-corrected chi connectivity index (χ4v) is 2.60. The van der Waals surface area contributed by atoms with E-state index in [1.54, 1.807) is 18.6 Å².